The lowest BCUT2D eigenvalue weighted by Gasteiger charge is -2.12. The van der Waals surface area contributed by atoms with Crippen molar-refractivity contribution >= 4 is 28.7 Å². The lowest BCUT2D eigenvalue weighted by Crippen LogP contribution is -2.32. The van der Waals surface area contributed by atoms with Crippen LogP contribution >= 0.6 is 0 Å². The number of aromatic amines is 1. The van der Waals surface area contributed by atoms with E-state index in [9.17, 15) is 27.6 Å². The van der Waals surface area contributed by atoms with Crippen LogP contribution in [0.3, 0.4) is 0 Å². The van der Waals surface area contributed by atoms with Gasteiger partial charge in [0.1, 0.15) is 0 Å². The summed E-state index contributed by atoms with van der Waals surface area (Å²) in [6, 6.07) is 8.54. The van der Waals surface area contributed by atoms with Gasteiger partial charge in [-0.3, -0.25) is 14.7 Å². The van der Waals surface area contributed by atoms with E-state index in [1.807, 2.05) is 0 Å². The quantitative estimate of drug-likeness (QED) is 0.696. The summed E-state index contributed by atoms with van der Waals surface area (Å²) in [6.45, 7) is 0. The molecule has 7 nitrogen and oxygen atoms in total. The molecule has 1 aliphatic rings. The molecule has 0 atom stereocenters. The average Bonchev–Trinajstić information content (AvgIpc) is 3.16. The van der Waals surface area contributed by atoms with Crippen LogP contribution < -0.4 is 0 Å². The fourth-order valence-electron chi connectivity index (χ4n) is 2.72. The maximum Gasteiger partial charge on any atom is 0.416 e. The van der Waals surface area contributed by atoms with E-state index in [4.69, 9.17) is 4.84 Å². The van der Waals surface area contributed by atoms with E-state index >= 15 is 0 Å². The van der Waals surface area contributed by atoms with Crippen LogP contribution in [0.5, 0.6) is 0 Å². The van der Waals surface area contributed by atoms with Crippen molar-refractivity contribution < 1.29 is 32.4 Å². The maximum atomic E-state index is 12.9. The minimum atomic E-state index is -4.62. The highest BCUT2D eigenvalue weighted by Gasteiger charge is 2.39. The number of nitrogens with zero attached hydrogens (tertiary/aromatic N) is 2. The van der Waals surface area contributed by atoms with Crippen LogP contribution in [0, 0.1) is 0 Å². The fraction of sp³-hybridized carbons (Fsp3) is 0.0588. The number of nitrogens with one attached hydrogen (secondary N) is 1. The van der Waals surface area contributed by atoms with Crippen LogP contribution in [-0.4, -0.2) is 33.0 Å². The van der Waals surface area contributed by atoms with Crippen molar-refractivity contribution in [2.75, 3.05) is 0 Å². The highest BCUT2D eigenvalue weighted by molar-refractivity contribution is 6.21. The van der Waals surface area contributed by atoms with Crippen LogP contribution in [0.4, 0.5) is 13.2 Å². The standard InChI is InChI=1S/C17H8F3N3O4/c18-17(19,20)8-5-6-12-11(7-8)13(22-21-12)16(26)27-23-14(24)9-3-1-2-4-10(9)15(23)25/h1-7H,(H,21,22). The zero-order valence-electron chi connectivity index (χ0n) is 13.2. The number of carbonyl (C=O) groups excluding carboxylic acids is 3. The summed E-state index contributed by atoms with van der Waals surface area (Å²) in [5, 5.41) is 6.17. The van der Waals surface area contributed by atoms with Crippen molar-refractivity contribution in [1.29, 1.82) is 0 Å². The zero-order valence-corrected chi connectivity index (χ0v) is 13.2. The van der Waals surface area contributed by atoms with E-state index in [1.54, 1.807) is 0 Å². The first-order chi connectivity index (χ1) is 12.8. The molecule has 3 aromatic rings. The Morgan fingerprint density at radius 3 is 2.26 bits per heavy atom. The van der Waals surface area contributed by atoms with Gasteiger partial charge >= 0.3 is 12.1 Å². The lowest BCUT2D eigenvalue weighted by molar-refractivity contribution is -0.137. The number of halogens is 3. The largest absolute Gasteiger partial charge is 0.416 e. The van der Waals surface area contributed by atoms with Crippen molar-refractivity contribution in [3.8, 4) is 0 Å². The predicted octanol–water partition coefficient (Wildman–Crippen LogP) is 2.95. The number of fused-ring (bicyclic) bond motifs is 2. The van der Waals surface area contributed by atoms with Gasteiger partial charge < -0.3 is 4.84 Å². The summed E-state index contributed by atoms with van der Waals surface area (Å²) < 4.78 is 38.7. The van der Waals surface area contributed by atoms with Crippen LogP contribution in [0.25, 0.3) is 10.9 Å². The Morgan fingerprint density at radius 2 is 1.67 bits per heavy atom. The second-order valence-corrected chi connectivity index (χ2v) is 5.66. The number of imide groups is 1. The molecular weight excluding hydrogens is 367 g/mol. The van der Waals surface area contributed by atoms with Gasteiger partial charge in [0.25, 0.3) is 11.8 Å². The third kappa shape index (κ3) is 2.62. The van der Waals surface area contributed by atoms with E-state index in [-0.39, 0.29) is 27.1 Å². The van der Waals surface area contributed by atoms with Crippen molar-refractivity contribution in [3.05, 3.63) is 64.8 Å². The number of benzene rings is 2. The van der Waals surface area contributed by atoms with Crippen molar-refractivity contribution in [1.82, 2.24) is 15.3 Å². The fourth-order valence-corrected chi connectivity index (χ4v) is 2.72. The van der Waals surface area contributed by atoms with E-state index in [1.165, 1.54) is 24.3 Å². The molecule has 0 radical (unpaired) electrons. The second-order valence-electron chi connectivity index (χ2n) is 5.66. The van der Waals surface area contributed by atoms with Gasteiger partial charge in [0.15, 0.2) is 5.69 Å². The first-order valence-electron chi connectivity index (χ1n) is 7.53. The lowest BCUT2D eigenvalue weighted by atomic mass is 10.1. The summed E-state index contributed by atoms with van der Waals surface area (Å²) in [5.74, 6) is -2.94. The summed E-state index contributed by atoms with van der Waals surface area (Å²) in [5.41, 5.74) is -1.18. The average molecular weight is 375 g/mol. The van der Waals surface area contributed by atoms with Gasteiger partial charge in [0, 0.05) is 5.39 Å². The number of rotatable bonds is 2. The van der Waals surface area contributed by atoms with Crippen LogP contribution in [0.15, 0.2) is 42.5 Å². The molecule has 27 heavy (non-hydrogen) atoms. The predicted molar refractivity (Wildman–Crippen MR) is 83.5 cm³/mol. The summed E-state index contributed by atoms with van der Waals surface area (Å²) >= 11 is 0. The monoisotopic (exact) mass is 375 g/mol. The third-order valence-electron chi connectivity index (χ3n) is 4.01. The molecule has 0 spiro atoms. The van der Waals surface area contributed by atoms with Crippen LogP contribution in [0.2, 0.25) is 0 Å². The van der Waals surface area contributed by atoms with Gasteiger partial charge in [-0.2, -0.15) is 18.3 Å². The molecule has 0 fully saturated rings. The summed E-state index contributed by atoms with van der Waals surface area (Å²) in [6.07, 6.45) is -4.62. The molecular formula is C17H8F3N3O4. The normalized spacial score (nSPS) is 14.0. The molecule has 0 saturated carbocycles. The third-order valence-corrected chi connectivity index (χ3v) is 4.01. The molecule has 10 heteroatoms. The Hall–Kier alpha value is -3.69. The highest BCUT2D eigenvalue weighted by Crippen LogP contribution is 2.32. The Labute approximate surface area is 148 Å². The van der Waals surface area contributed by atoms with Crippen molar-refractivity contribution in [2.45, 2.75) is 6.18 Å². The molecule has 1 aliphatic heterocycles. The zero-order chi connectivity index (χ0) is 19.3. The van der Waals surface area contributed by atoms with E-state index < -0.39 is 35.2 Å². The SMILES string of the molecule is O=C(ON1C(=O)c2ccccc2C1=O)c1n[nH]c2ccc(C(F)(F)F)cc12. The van der Waals surface area contributed by atoms with Gasteiger partial charge in [-0.25, -0.2) is 4.79 Å². The van der Waals surface area contributed by atoms with E-state index in [0.717, 1.165) is 18.2 Å². The van der Waals surface area contributed by atoms with Crippen molar-refractivity contribution in [3.63, 3.8) is 0 Å². The first-order valence-corrected chi connectivity index (χ1v) is 7.53. The molecule has 0 bridgehead atoms. The topological polar surface area (TPSA) is 92.4 Å². The number of hydrogen-bond acceptors (Lipinski definition) is 5. The smallest absolute Gasteiger partial charge is 0.322 e. The number of aromatic nitrogens is 2. The van der Waals surface area contributed by atoms with Crippen LogP contribution in [0.1, 0.15) is 36.8 Å². The maximum absolute atomic E-state index is 12.9. The summed E-state index contributed by atoms with van der Waals surface area (Å²) in [4.78, 5) is 41.6. The Bertz CT molecular complexity index is 1090. The molecule has 0 unspecified atom stereocenters. The molecule has 0 saturated heterocycles. The van der Waals surface area contributed by atoms with Gasteiger partial charge in [-0.1, -0.05) is 17.2 Å². The van der Waals surface area contributed by atoms with E-state index in [2.05, 4.69) is 10.2 Å². The molecule has 1 N–H and O–H groups in total. The second kappa shape index (κ2) is 5.66. The number of H-pyrrole nitrogens is 1. The summed E-state index contributed by atoms with van der Waals surface area (Å²) in [7, 11) is 0. The molecule has 4 rings (SSSR count). The number of amides is 2. The van der Waals surface area contributed by atoms with Gasteiger partial charge in [-0.15, -0.1) is 0 Å². The molecule has 0 aliphatic carbocycles. The van der Waals surface area contributed by atoms with E-state index in [0.29, 0.717) is 0 Å². The molecule has 136 valence electrons. The molecule has 2 heterocycles. The van der Waals surface area contributed by atoms with Gasteiger partial charge in [-0.05, 0) is 30.3 Å². The van der Waals surface area contributed by atoms with Gasteiger partial charge in [0.2, 0.25) is 0 Å². The Morgan fingerprint density at radius 1 is 1.04 bits per heavy atom. The van der Waals surface area contributed by atoms with Crippen molar-refractivity contribution in [2.24, 2.45) is 0 Å². The highest BCUT2D eigenvalue weighted by atomic mass is 19.4. The minimum absolute atomic E-state index is 0.0570. The number of hydroxylamine groups is 2. The Kier molecular flexibility index (Phi) is 3.51. The number of alkyl halides is 3. The Balaban J connectivity index is 1.67. The number of carbonyl (C=O) groups is 3. The van der Waals surface area contributed by atoms with Crippen LogP contribution in [-0.2, 0) is 11.0 Å². The molecule has 2 aromatic carbocycles. The molecule has 2 amide bonds. The first kappa shape index (κ1) is 16.8. The number of hydrogen-bond donors (Lipinski definition) is 1. The van der Waals surface area contributed by atoms with Gasteiger partial charge in [0.05, 0.1) is 22.2 Å². The minimum Gasteiger partial charge on any atom is -0.322 e. The molecule has 1 aromatic heterocycles.